The van der Waals surface area contributed by atoms with Gasteiger partial charge in [-0.25, -0.2) is 8.78 Å². The van der Waals surface area contributed by atoms with Gasteiger partial charge in [0.15, 0.2) is 23.1 Å². The summed E-state index contributed by atoms with van der Waals surface area (Å²) in [6, 6.07) is 6.52. The van der Waals surface area contributed by atoms with Crippen molar-refractivity contribution in [2.45, 2.75) is 4.90 Å². The number of rotatable bonds is 6. The van der Waals surface area contributed by atoms with E-state index in [0.717, 1.165) is 23.9 Å². The van der Waals surface area contributed by atoms with E-state index in [9.17, 15) is 13.6 Å². The van der Waals surface area contributed by atoms with Crippen LogP contribution >= 0.6 is 23.4 Å². The lowest BCUT2D eigenvalue weighted by Crippen LogP contribution is -2.14. The van der Waals surface area contributed by atoms with Crippen molar-refractivity contribution in [3.63, 3.8) is 0 Å². The fourth-order valence-corrected chi connectivity index (χ4v) is 2.77. The minimum absolute atomic E-state index is 0.00967. The summed E-state index contributed by atoms with van der Waals surface area (Å²) in [5.74, 6) is -1.36. The molecule has 0 unspecified atom stereocenters. The molecule has 2 rings (SSSR count). The molecule has 2 aromatic carbocycles. The molecule has 8 heteroatoms. The van der Waals surface area contributed by atoms with Crippen LogP contribution in [-0.4, -0.2) is 25.9 Å². The molecule has 24 heavy (non-hydrogen) atoms. The van der Waals surface area contributed by atoms with Crippen molar-refractivity contribution in [2.75, 3.05) is 25.3 Å². The van der Waals surface area contributed by atoms with Crippen LogP contribution in [0.2, 0.25) is 5.02 Å². The monoisotopic (exact) mass is 373 g/mol. The molecule has 0 aromatic heterocycles. The second-order valence-corrected chi connectivity index (χ2v) is 6.06. The Labute approximate surface area is 147 Å². The van der Waals surface area contributed by atoms with Gasteiger partial charge >= 0.3 is 0 Å². The maximum absolute atomic E-state index is 13.1. The van der Waals surface area contributed by atoms with E-state index in [-0.39, 0.29) is 11.7 Å². The first kappa shape index (κ1) is 18.4. The Kier molecular flexibility index (Phi) is 6.28. The lowest BCUT2D eigenvalue weighted by Gasteiger charge is -2.12. The van der Waals surface area contributed by atoms with Crippen LogP contribution in [0.4, 0.5) is 14.5 Å². The predicted octanol–water partition coefficient (Wildman–Crippen LogP) is 4.37. The first-order chi connectivity index (χ1) is 11.4. The van der Waals surface area contributed by atoms with Crippen LogP contribution in [-0.2, 0) is 4.79 Å². The zero-order valence-corrected chi connectivity index (χ0v) is 14.4. The van der Waals surface area contributed by atoms with Crippen LogP contribution < -0.4 is 14.8 Å². The van der Waals surface area contributed by atoms with Crippen molar-refractivity contribution in [3.8, 4) is 11.5 Å². The molecule has 128 valence electrons. The van der Waals surface area contributed by atoms with E-state index in [1.165, 1.54) is 26.4 Å². The molecule has 0 fully saturated rings. The van der Waals surface area contributed by atoms with Gasteiger partial charge in [-0.2, -0.15) is 0 Å². The Morgan fingerprint density at radius 2 is 1.79 bits per heavy atom. The maximum Gasteiger partial charge on any atom is 0.234 e. The van der Waals surface area contributed by atoms with E-state index in [0.29, 0.717) is 27.1 Å². The number of carbonyl (C=O) groups excluding carboxylic acids is 1. The number of ether oxygens (including phenoxy) is 2. The van der Waals surface area contributed by atoms with Crippen molar-refractivity contribution in [3.05, 3.63) is 47.0 Å². The number of thioether (sulfide) groups is 1. The van der Waals surface area contributed by atoms with Gasteiger partial charge in [-0.3, -0.25) is 4.79 Å². The van der Waals surface area contributed by atoms with Gasteiger partial charge in [0.25, 0.3) is 0 Å². The zero-order chi connectivity index (χ0) is 17.7. The third kappa shape index (κ3) is 4.52. The summed E-state index contributed by atoms with van der Waals surface area (Å²) < 4.78 is 36.2. The van der Waals surface area contributed by atoms with E-state index >= 15 is 0 Å². The number of nitrogens with one attached hydrogen (secondary N) is 1. The van der Waals surface area contributed by atoms with E-state index < -0.39 is 11.6 Å². The fraction of sp³-hybridized carbons (Fsp3) is 0.188. The highest BCUT2D eigenvalue weighted by Gasteiger charge is 2.13. The van der Waals surface area contributed by atoms with Crippen molar-refractivity contribution >= 4 is 35.0 Å². The summed E-state index contributed by atoms with van der Waals surface area (Å²) >= 11 is 7.16. The van der Waals surface area contributed by atoms with E-state index in [2.05, 4.69) is 5.32 Å². The molecule has 0 aliphatic rings. The van der Waals surface area contributed by atoms with E-state index in [1.807, 2.05) is 0 Å². The van der Waals surface area contributed by atoms with Gasteiger partial charge in [-0.05, 0) is 18.2 Å². The molecule has 0 saturated heterocycles. The fourth-order valence-electron chi connectivity index (χ4n) is 1.85. The van der Waals surface area contributed by atoms with Crippen molar-refractivity contribution < 1.29 is 23.0 Å². The van der Waals surface area contributed by atoms with Gasteiger partial charge in [-0.15, -0.1) is 11.8 Å². The van der Waals surface area contributed by atoms with Gasteiger partial charge < -0.3 is 14.8 Å². The number of anilines is 1. The van der Waals surface area contributed by atoms with Crippen molar-refractivity contribution in [2.24, 2.45) is 0 Å². The molecule has 0 aliphatic heterocycles. The average Bonchev–Trinajstić information content (AvgIpc) is 2.57. The number of amides is 1. The molecule has 0 saturated carbocycles. The minimum atomic E-state index is -0.955. The smallest absolute Gasteiger partial charge is 0.234 e. The highest BCUT2D eigenvalue weighted by Crippen LogP contribution is 2.36. The van der Waals surface area contributed by atoms with E-state index in [4.69, 9.17) is 21.1 Å². The molecule has 1 amide bonds. The van der Waals surface area contributed by atoms with Crippen LogP contribution in [0.15, 0.2) is 35.2 Å². The second-order valence-electron chi connectivity index (χ2n) is 4.60. The Morgan fingerprint density at radius 3 is 2.42 bits per heavy atom. The van der Waals surface area contributed by atoms with Crippen LogP contribution in [0.3, 0.4) is 0 Å². The quantitative estimate of drug-likeness (QED) is 0.764. The molecule has 0 aliphatic carbocycles. The maximum atomic E-state index is 13.1. The Balaban J connectivity index is 2.03. The number of hydrogen-bond acceptors (Lipinski definition) is 4. The molecule has 0 spiro atoms. The number of benzene rings is 2. The summed E-state index contributed by atoms with van der Waals surface area (Å²) in [5.41, 5.74) is 0.366. The molecule has 0 atom stereocenters. The van der Waals surface area contributed by atoms with Crippen molar-refractivity contribution in [1.29, 1.82) is 0 Å². The first-order valence-electron chi connectivity index (χ1n) is 6.73. The van der Waals surface area contributed by atoms with Crippen LogP contribution in [0, 0.1) is 11.6 Å². The normalized spacial score (nSPS) is 10.4. The number of methoxy groups -OCH3 is 2. The van der Waals surface area contributed by atoms with Crippen LogP contribution in [0.1, 0.15) is 0 Å². The van der Waals surface area contributed by atoms with Gasteiger partial charge in [-0.1, -0.05) is 11.6 Å². The van der Waals surface area contributed by atoms with Gasteiger partial charge in [0.2, 0.25) is 5.91 Å². The van der Waals surface area contributed by atoms with Gasteiger partial charge in [0.05, 0.1) is 30.7 Å². The molecule has 0 bridgehead atoms. The summed E-state index contributed by atoms with van der Waals surface area (Å²) in [6.07, 6.45) is 0. The minimum Gasteiger partial charge on any atom is -0.493 e. The summed E-state index contributed by atoms with van der Waals surface area (Å²) in [5, 5.41) is 2.93. The number of hydrogen-bond donors (Lipinski definition) is 1. The zero-order valence-electron chi connectivity index (χ0n) is 12.9. The van der Waals surface area contributed by atoms with Crippen LogP contribution in [0.5, 0.6) is 11.5 Å². The van der Waals surface area contributed by atoms with E-state index in [1.54, 1.807) is 6.07 Å². The highest BCUT2D eigenvalue weighted by atomic mass is 35.5. The lowest BCUT2D eigenvalue weighted by atomic mass is 10.2. The standard InChI is InChI=1S/C16H14ClF2NO3S/c1-22-14-6-10(17)13(7-15(14)23-2)20-16(21)8-24-9-3-4-11(18)12(19)5-9/h3-7H,8H2,1-2H3,(H,20,21). The lowest BCUT2D eigenvalue weighted by molar-refractivity contribution is -0.113. The molecule has 0 heterocycles. The number of carbonyl (C=O) groups is 1. The van der Waals surface area contributed by atoms with Gasteiger partial charge in [0.1, 0.15) is 0 Å². The Morgan fingerprint density at radius 1 is 1.12 bits per heavy atom. The van der Waals surface area contributed by atoms with Crippen molar-refractivity contribution in [1.82, 2.24) is 0 Å². The van der Waals surface area contributed by atoms with Gasteiger partial charge in [0, 0.05) is 17.0 Å². The summed E-state index contributed by atoms with van der Waals surface area (Å²) in [7, 11) is 2.95. The SMILES string of the molecule is COc1cc(Cl)c(NC(=O)CSc2ccc(F)c(F)c2)cc1OC. The Bertz CT molecular complexity index is 758. The molecule has 4 nitrogen and oxygen atoms in total. The molecular formula is C16H14ClF2NO3S. The second kappa shape index (κ2) is 8.21. The Hall–Kier alpha value is -1.99. The topological polar surface area (TPSA) is 47.6 Å². The first-order valence-corrected chi connectivity index (χ1v) is 8.10. The number of halogens is 3. The third-order valence-corrected chi connectivity index (χ3v) is 4.31. The highest BCUT2D eigenvalue weighted by molar-refractivity contribution is 8.00. The molecule has 0 radical (unpaired) electrons. The third-order valence-electron chi connectivity index (χ3n) is 3.01. The largest absolute Gasteiger partial charge is 0.493 e. The average molecular weight is 374 g/mol. The molecular weight excluding hydrogens is 360 g/mol. The summed E-state index contributed by atoms with van der Waals surface area (Å²) in [4.78, 5) is 12.5. The van der Waals surface area contributed by atoms with Crippen LogP contribution in [0.25, 0.3) is 0 Å². The molecule has 2 aromatic rings. The molecule has 1 N–H and O–H groups in total. The predicted molar refractivity (Wildman–Crippen MR) is 90.3 cm³/mol. The summed E-state index contributed by atoms with van der Waals surface area (Å²) in [6.45, 7) is 0.